The van der Waals surface area contributed by atoms with Crippen molar-refractivity contribution in [1.82, 2.24) is 14.8 Å². The second kappa shape index (κ2) is 9.91. The van der Waals surface area contributed by atoms with Gasteiger partial charge in [0.15, 0.2) is 0 Å². The highest BCUT2D eigenvalue weighted by Gasteiger charge is 2.15. The first kappa shape index (κ1) is 19.9. The van der Waals surface area contributed by atoms with Crippen LogP contribution >= 0.6 is 0 Å². The molecule has 0 amide bonds. The first-order valence-electron chi connectivity index (χ1n) is 10.6. The Hall–Kier alpha value is -2.35. The molecule has 29 heavy (non-hydrogen) atoms. The van der Waals surface area contributed by atoms with Crippen molar-refractivity contribution in [3.05, 3.63) is 42.7 Å². The van der Waals surface area contributed by atoms with Crippen LogP contribution in [0.5, 0.6) is 0 Å². The number of morpholine rings is 1. The number of likely N-dealkylation sites (N-methyl/N-ethyl adjacent to an activating group) is 1. The van der Waals surface area contributed by atoms with Crippen molar-refractivity contribution in [2.24, 2.45) is 0 Å². The topological polar surface area (TPSA) is 55.9 Å². The van der Waals surface area contributed by atoms with Crippen LogP contribution in [-0.4, -0.2) is 87.4 Å². The van der Waals surface area contributed by atoms with Gasteiger partial charge in [-0.3, -0.25) is 9.88 Å². The molecule has 0 radical (unpaired) electrons. The van der Waals surface area contributed by atoms with Crippen molar-refractivity contribution >= 4 is 22.7 Å². The van der Waals surface area contributed by atoms with Crippen LogP contribution in [0.4, 0.5) is 22.7 Å². The zero-order valence-electron chi connectivity index (χ0n) is 17.3. The number of pyridine rings is 1. The van der Waals surface area contributed by atoms with Crippen molar-refractivity contribution in [3.63, 3.8) is 0 Å². The SMILES string of the molecule is CN1CCN(CCNc2cc(Nc3ccncc3)cc(N3CCOCC3)c2)CC1. The molecule has 1 aromatic carbocycles. The Labute approximate surface area is 173 Å². The predicted molar refractivity (Wildman–Crippen MR) is 119 cm³/mol. The molecule has 0 spiro atoms. The molecule has 2 fully saturated rings. The summed E-state index contributed by atoms with van der Waals surface area (Å²) in [4.78, 5) is 11.4. The van der Waals surface area contributed by atoms with Crippen LogP contribution in [0.2, 0.25) is 0 Å². The molecular weight excluding hydrogens is 364 g/mol. The lowest BCUT2D eigenvalue weighted by Gasteiger charge is -2.32. The van der Waals surface area contributed by atoms with Gasteiger partial charge in [-0.25, -0.2) is 0 Å². The molecule has 4 rings (SSSR count). The highest BCUT2D eigenvalue weighted by molar-refractivity contribution is 5.72. The average molecular weight is 397 g/mol. The Morgan fingerprint density at radius 3 is 2.38 bits per heavy atom. The summed E-state index contributed by atoms with van der Waals surface area (Å²) >= 11 is 0. The van der Waals surface area contributed by atoms with Gasteiger partial charge in [-0.05, 0) is 37.4 Å². The van der Waals surface area contributed by atoms with E-state index in [1.165, 1.54) is 5.69 Å². The minimum Gasteiger partial charge on any atom is -0.384 e. The number of hydrogen-bond acceptors (Lipinski definition) is 7. The summed E-state index contributed by atoms with van der Waals surface area (Å²) in [5.74, 6) is 0. The summed E-state index contributed by atoms with van der Waals surface area (Å²) in [6, 6.07) is 10.6. The maximum absolute atomic E-state index is 5.53. The molecule has 2 saturated heterocycles. The zero-order valence-corrected chi connectivity index (χ0v) is 17.3. The molecule has 0 saturated carbocycles. The number of benzene rings is 1. The largest absolute Gasteiger partial charge is 0.384 e. The fourth-order valence-corrected chi connectivity index (χ4v) is 3.82. The number of anilines is 4. The Kier molecular flexibility index (Phi) is 6.82. The molecule has 0 unspecified atom stereocenters. The van der Waals surface area contributed by atoms with E-state index in [9.17, 15) is 0 Å². The van der Waals surface area contributed by atoms with E-state index >= 15 is 0 Å². The standard InChI is InChI=1S/C22H32N6O/c1-26-8-10-27(11-9-26)7-6-24-20-16-21(25-19-2-4-23-5-3-19)18-22(17-20)28-12-14-29-15-13-28/h2-5,16-18,24H,6-15H2,1H3,(H,23,25). The first-order valence-corrected chi connectivity index (χ1v) is 10.6. The summed E-state index contributed by atoms with van der Waals surface area (Å²) in [6.07, 6.45) is 3.62. The number of piperazine rings is 1. The van der Waals surface area contributed by atoms with Crippen LogP contribution in [0.25, 0.3) is 0 Å². The molecule has 1 aromatic heterocycles. The Balaban J connectivity index is 1.43. The first-order chi connectivity index (χ1) is 14.3. The Morgan fingerprint density at radius 1 is 0.897 bits per heavy atom. The normalized spacial score (nSPS) is 18.6. The summed E-state index contributed by atoms with van der Waals surface area (Å²) in [5, 5.41) is 7.16. The molecule has 2 aliphatic rings. The molecular formula is C22H32N6O. The lowest BCUT2D eigenvalue weighted by atomic mass is 10.2. The van der Waals surface area contributed by atoms with Gasteiger partial charge < -0.3 is 25.2 Å². The van der Waals surface area contributed by atoms with E-state index in [2.05, 4.69) is 55.6 Å². The summed E-state index contributed by atoms with van der Waals surface area (Å²) < 4.78 is 5.53. The van der Waals surface area contributed by atoms with E-state index in [1.54, 1.807) is 0 Å². The second-order valence-electron chi connectivity index (χ2n) is 7.80. The van der Waals surface area contributed by atoms with Gasteiger partial charge in [-0.2, -0.15) is 0 Å². The molecule has 0 atom stereocenters. The van der Waals surface area contributed by atoms with Crippen molar-refractivity contribution in [2.75, 3.05) is 88.2 Å². The number of rotatable bonds is 7. The summed E-state index contributed by atoms with van der Waals surface area (Å²) in [6.45, 7) is 10.1. The number of ether oxygens (including phenoxy) is 1. The van der Waals surface area contributed by atoms with Crippen molar-refractivity contribution in [3.8, 4) is 0 Å². The van der Waals surface area contributed by atoms with Gasteiger partial charge in [0, 0.05) is 87.5 Å². The molecule has 0 bridgehead atoms. The number of nitrogens with zero attached hydrogens (tertiary/aromatic N) is 4. The van der Waals surface area contributed by atoms with Crippen molar-refractivity contribution in [2.45, 2.75) is 0 Å². The van der Waals surface area contributed by atoms with E-state index in [0.717, 1.165) is 82.6 Å². The molecule has 156 valence electrons. The van der Waals surface area contributed by atoms with Gasteiger partial charge in [0.05, 0.1) is 13.2 Å². The molecule has 7 nitrogen and oxygen atoms in total. The lowest BCUT2D eigenvalue weighted by molar-refractivity contribution is 0.122. The minimum absolute atomic E-state index is 0.786. The van der Waals surface area contributed by atoms with E-state index in [0.29, 0.717) is 0 Å². The van der Waals surface area contributed by atoms with Crippen LogP contribution < -0.4 is 15.5 Å². The number of aromatic nitrogens is 1. The van der Waals surface area contributed by atoms with Crippen LogP contribution in [0, 0.1) is 0 Å². The number of nitrogens with one attached hydrogen (secondary N) is 2. The fraction of sp³-hybridized carbons (Fsp3) is 0.500. The molecule has 2 N–H and O–H groups in total. The second-order valence-corrected chi connectivity index (χ2v) is 7.80. The average Bonchev–Trinajstić information content (AvgIpc) is 2.76. The monoisotopic (exact) mass is 396 g/mol. The number of hydrogen-bond donors (Lipinski definition) is 2. The third kappa shape index (κ3) is 5.82. The molecule has 2 aliphatic heterocycles. The van der Waals surface area contributed by atoms with E-state index in [-0.39, 0.29) is 0 Å². The minimum atomic E-state index is 0.786. The Morgan fingerprint density at radius 2 is 1.62 bits per heavy atom. The van der Waals surface area contributed by atoms with Crippen LogP contribution in [-0.2, 0) is 4.74 Å². The molecule has 0 aliphatic carbocycles. The molecule has 7 heteroatoms. The van der Waals surface area contributed by atoms with Gasteiger partial charge in [0.25, 0.3) is 0 Å². The third-order valence-corrected chi connectivity index (χ3v) is 5.62. The van der Waals surface area contributed by atoms with Gasteiger partial charge in [0.1, 0.15) is 0 Å². The highest BCUT2D eigenvalue weighted by Crippen LogP contribution is 2.28. The lowest BCUT2D eigenvalue weighted by Crippen LogP contribution is -2.45. The van der Waals surface area contributed by atoms with E-state index in [1.807, 2.05) is 24.5 Å². The quantitative estimate of drug-likeness (QED) is 0.745. The van der Waals surface area contributed by atoms with E-state index in [4.69, 9.17) is 4.74 Å². The zero-order chi connectivity index (χ0) is 19.9. The van der Waals surface area contributed by atoms with Gasteiger partial charge in [-0.1, -0.05) is 0 Å². The smallest absolute Gasteiger partial charge is 0.0642 e. The van der Waals surface area contributed by atoms with Crippen molar-refractivity contribution in [1.29, 1.82) is 0 Å². The van der Waals surface area contributed by atoms with Crippen LogP contribution in [0.15, 0.2) is 42.7 Å². The van der Waals surface area contributed by atoms with Gasteiger partial charge in [0.2, 0.25) is 0 Å². The molecule has 3 heterocycles. The maximum atomic E-state index is 5.53. The summed E-state index contributed by atoms with van der Waals surface area (Å²) in [5.41, 5.74) is 4.51. The predicted octanol–water partition coefficient (Wildman–Crippen LogP) is 2.32. The van der Waals surface area contributed by atoms with Crippen LogP contribution in [0.3, 0.4) is 0 Å². The third-order valence-electron chi connectivity index (χ3n) is 5.62. The van der Waals surface area contributed by atoms with Crippen molar-refractivity contribution < 1.29 is 4.74 Å². The van der Waals surface area contributed by atoms with Gasteiger partial charge >= 0.3 is 0 Å². The maximum Gasteiger partial charge on any atom is 0.0642 e. The fourth-order valence-electron chi connectivity index (χ4n) is 3.82. The Bertz CT molecular complexity index is 757. The summed E-state index contributed by atoms with van der Waals surface area (Å²) in [7, 11) is 2.20. The molecule has 2 aromatic rings. The van der Waals surface area contributed by atoms with Gasteiger partial charge in [-0.15, -0.1) is 0 Å². The highest BCUT2D eigenvalue weighted by atomic mass is 16.5. The van der Waals surface area contributed by atoms with E-state index < -0.39 is 0 Å². The van der Waals surface area contributed by atoms with Crippen LogP contribution in [0.1, 0.15) is 0 Å².